The van der Waals surface area contributed by atoms with Gasteiger partial charge in [0.2, 0.25) is 5.91 Å². The summed E-state index contributed by atoms with van der Waals surface area (Å²) in [6, 6.07) is 3.37. The fourth-order valence-corrected chi connectivity index (χ4v) is 1.88. The second kappa shape index (κ2) is 6.79. The third kappa shape index (κ3) is 3.76. The summed E-state index contributed by atoms with van der Waals surface area (Å²) in [5.41, 5.74) is 4.96. The van der Waals surface area contributed by atoms with E-state index in [9.17, 15) is 13.6 Å². The molecule has 0 heterocycles. The molecule has 0 saturated heterocycles. The smallest absolute Gasteiger partial charge is 0.227 e. The van der Waals surface area contributed by atoms with Crippen LogP contribution in [0.5, 0.6) is 0 Å². The molecule has 0 aliphatic carbocycles. The van der Waals surface area contributed by atoms with Crippen molar-refractivity contribution in [2.24, 2.45) is 11.1 Å². The molecule has 0 saturated carbocycles. The van der Waals surface area contributed by atoms with Crippen molar-refractivity contribution in [3.8, 4) is 0 Å². The number of hydrogen-bond acceptors (Lipinski definition) is 2. The number of rotatable bonds is 6. The Labute approximate surface area is 118 Å². The number of amides is 1. The van der Waals surface area contributed by atoms with Crippen molar-refractivity contribution in [3.63, 3.8) is 0 Å². The number of hydrogen-bond donors (Lipinski definition) is 2. The Bertz CT molecular complexity index is 453. The van der Waals surface area contributed by atoms with E-state index in [0.29, 0.717) is 6.42 Å². The summed E-state index contributed by atoms with van der Waals surface area (Å²) >= 11 is 0. The van der Waals surface area contributed by atoms with Gasteiger partial charge in [0.25, 0.3) is 0 Å². The fraction of sp³-hybridized carbons (Fsp3) is 0.533. The average molecular weight is 284 g/mol. The van der Waals surface area contributed by atoms with Crippen LogP contribution in [0.25, 0.3) is 0 Å². The molecule has 0 spiro atoms. The van der Waals surface area contributed by atoms with Crippen molar-refractivity contribution in [1.82, 2.24) is 5.32 Å². The molecule has 1 aromatic rings. The highest BCUT2D eigenvalue weighted by Gasteiger charge is 2.30. The Kier molecular flexibility index (Phi) is 5.62. The summed E-state index contributed by atoms with van der Waals surface area (Å²) in [5, 5.41) is 2.77. The van der Waals surface area contributed by atoms with Crippen molar-refractivity contribution >= 4 is 5.91 Å². The monoisotopic (exact) mass is 284 g/mol. The maximum atomic E-state index is 13.5. The zero-order valence-corrected chi connectivity index (χ0v) is 12.2. The van der Waals surface area contributed by atoms with Crippen molar-refractivity contribution in [1.29, 1.82) is 0 Å². The van der Waals surface area contributed by atoms with Gasteiger partial charge in [0.15, 0.2) is 0 Å². The number of nitrogens with two attached hydrogens (primary N) is 1. The van der Waals surface area contributed by atoms with Crippen LogP contribution < -0.4 is 11.1 Å². The predicted octanol–water partition coefficient (Wildman–Crippen LogP) is 2.39. The van der Waals surface area contributed by atoms with Crippen LogP contribution in [0, 0.1) is 17.0 Å². The normalized spacial score (nSPS) is 15.5. The zero-order valence-electron chi connectivity index (χ0n) is 12.2. The van der Waals surface area contributed by atoms with E-state index in [1.165, 1.54) is 18.2 Å². The van der Waals surface area contributed by atoms with Crippen LogP contribution >= 0.6 is 0 Å². The Balaban J connectivity index is 2.73. The van der Waals surface area contributed by atoms with Gasteiger partial charge in [-0.25, -0.2) is 8.78 Å². The molecular weight excluding hydrogens is 262 g/mol. The Morgan fingerprint density at radius 3 is 2.40 bits per heavy atom. The van der Waals surface area contributed by atoms with Crippen molar-refractivity contribution in [2.75, 3.05) is 6.54 Å². The van der Waals surface area contributed by atoms with Gasteiger partial charge < -0.3 is 11.1 Å². The molecule has 2 unspecified atom stereocenters. The number of benzene rings is 1. The van der Waals surface area contributed by atoms with Crippen LogP contribution in [0.1, 0.15) is 32.8 Å². The second-order valence-corrected chi connectivity index (χ2v) is 5.40. The Morgan fingerprint density at radius 2 is 1.95 bits per heavy atom. The molecule has 0 aliphatic heterocycles. The first kappa shape index (κ1) is 16.6. The first-order valence-corrected chi connectivity index (χ1v) is 6.78. The number of carbonyl (C=O) groups excluding carboxylic acids is 1. The predicted molar refractivity (Wildman–Crippen MR) is 75.1 cm³/mol. The number of halogens is 2. The van der Waals surface area contributed by atoms with Gasteiger partial charge in [0.05, 0.1) is 5.41 Å². The van der Waals surface area contributed by atoms with E-state index >= 15 is 0 Å². The van der Waals surface area contributed by atoms with Crippen LogP contribution in [0.3, 0.4) is 0 Å². The minimum absolute atomic E-state index is 0.00810. The molecule has 0 fully saturated rings. The number of nitrogens with one attached hydrogen (secondary N) is 1. The van der Waals surface area contributed by atoms with Crippen LogP contribution in [0.15, 0.2) is 18.2 Å². The van der Waals surface area contributed by atoms with E-state index in [2.05, 4.69) is 5.32 Å². The van der Waals surface area contributed by atoms with E-state index < -0.39 is 17.0 Å². The van der Waals surface area contributed by atoms with Gasteiger partial charge in [0, 0.05) is 18.2 Å². The van der Waals surface area contributed by atoms with Gasteiger partial charge in [0.1, 0.15) is 11.6 Å². The van der Waals surface area contributed by atoms with E-state index in [1.54, 1.807) is 13.8 Å². The van der Waals surface area contributed by atoms with Crippen LogP contribution in [-0.2, 0) is 11.2 Å². The highest BCUT2D eigenvalue weighted by Crippen LogP contribution is 2.20. The van der Waals surface area contributed by atoms with Gasteiger partial charge in [-0.2, -0.15) is 0 Å². The molecule has 5 heteroatoms. The second-order valence-electron chi connectivity index (χ2n) is 5.40. The third-order valence-electron chi connectivity index (χ3n) is 3.73. The SMILES string of the molecule is CCC(C)(CN)C(=O)NC(C)Cc1c(F)cccc1F. The minimum Gasteiger partial charge on any atom is -0.353 e. The number of carbonyl (C=O) groups is 1. The van der Waals surface area contributed by atoms with E-state index in [4.69, 9.17) is 5.73 Å². The van der Waals surface area contributed by atoms with Gasteiger partial charge in [-0.3, -0.25) is 4.79 Å². The Morgan fingerprint density at radius 1 is 1.40 bits per heavy atom. The molecule has 0 bridgehead atoms. The largest absolute Gasteiger partial charge is 0.353 e. The standard InChI is InChI=1S/C15H22F2N2O/c1-4-15(3,9-18)14(20)19-10(2)8-11-12(16)6-5-7-13(11)17/h5-7,10H,4,8-9,18H2,1-3H3,(H,19,20). The lowest BCUT2D eigenvalue weighted by molar-refractivity contribution is -0.130. The van der Waals surface area contributed by atoms with Crippen molar-refractivity contribution < 1.29 is 13.6 Å². The molecule has 20 heavy (non-hydrogen) atoms. The molecule has 1 aromatic carbocycles. The summed E-state index contributed by atoms with van der Waals surface area (Å²) in [6.45, 7) is 5.61. The quantitative estimate of drug-likeness (QED) is 0.842. The van der Waals surface area contributed by atoms with Crippen LogP contribution in [0.4, 0.5) is 8.78 Å². The highest BCUT2D eigenvalue weighted by molar-refractivity contribution is 5.82. The molecule has 1 rings (SSSR count). The van der Waals surface area contributed by atoms with E-state index in [0.717, 1.165) is 0 Å². The molecule has 3 nitrogen and oxygen atoms in total. The summed E-state index contributed by atoms with van der Waals surface area (Å²) in [7, 11) is 0. The molecule has 0 aromatic heterocycles. The first-order valence-electron chi connectivity index (χ1n) is 6.78. The third-order valence-corrected chi connectivity index (χ3v) is 3.73. The summed E-state index contributed by atoms with van der Waals surface area (Å²) in [5.74, 6) is -1.38. The van der Waals surface area contributed by atoms with E-state index in [1.807, 2.05) is 6.92 Å². The molecule has 0 radical (unpaired) electrons. The van der Waals surface area contributed by atoms with Gasteiger partial charge in [-0.1, -0.05) is 13.0 Å². The maximum absolute atomic E-state index is 13.5. The maximum Gasteiger partial charge on any atom is 0.227 e. The first-order chi connectivity index (χ1) is 9.34. The molecule has 1 amide bonds. The van der Waals surface area contributed by atoms with Crippen molar-refractivity contribution in [2.45, 2.75) is 39.7 Å². The molecule has 3 N–H and O–H groups in total. The Hall–Kier alpha value is -1.49. The lowest BCUT2D eigenvalue weighted by Crippen LogP contribution is -2.47. The van der Waals surface area contributed by atoms with Gasteiger partial charge >= 0.3 is 0 Å². The molecule has 0 aliphatic rings. The highest BCUT2D eigenvalue weighted by atomic mass is 19.1. The molecule has 112 valence electrons. The molecule has 2 atom stereocenters. The van der Waals surface area contributed by atoms with Crippen LogP contribution in [-0.4, -0.2) is 18.5 Å². The average Bonchev–Trinajstić information content (AvgIpc) is 2.42. The van der Waals surface area contributed by atoms with E-state index in [-0.39, 0.29) is 30.5 Å². The molecular formula is C15H22F2N2O. The fourth-order valence-electron chi connectivity index (χ4n) is 1.88. The summed E-state index contributed by atoms with van der Waals surface area (Å²) < 4.78 is 27.1. The van der Waals surface area contributed by atoms with Gasteiger partial charge in [-0.15, -0.1) is 0 Å². The summed E-state index contributed by atoms with van der Waals surface area (Å²) in [4.78, 5) is 12.1. The van der Waals surface area contributed by atoms with Crippen molar-refractivity contribution in [3.05, 3.63) is 35.4 Å². The lowest BCUT2D eigenvalue weighted by atomic mass is 9.86. The lowest BCUT2D eigenvalue weighted by Gasteiger charge is -2.27. The van der Waals surface area contributed by atoms with Crippen LogP contribution in [0.2, 0.25) is 0 Å². The minimum atomic E-state index is -0.651. The summed E-state index contributed by atoms with van der Waals surface area (Å²) in [6.07, 6.45) is 0.713. The zero-order chi connectivity index (χ0) is 15.3. The topological polar surface area (TPSA) is 55.1 Å². The van der Waals surface area contributed by atoms with Gasteiger partial charge in [-0.05, 0) is 38.8 Å².